The molecule has 0 bridgehead atoms. The van der Waals surface area contributed by atoms with Gasteiger partial charge >= 0.3 is 0 Å². The highest BCUT2D eigenvalue weighted by atomic mass is 35.5. The molecular formula is C19H18ClN7O. The summed E-state index contributed by atoms with van der Waals surface area (Å²) in [5.74, 6) is 1.57. The van der Waals surface area contributed by atoms with E-state index in [2.05, 4.69) is 25.4 Å². The third-order valence-corrected chi connectivity index (χ3v) is 5.20. The van der Waals surface area contributed by atoms with Crippen molar-refractivity contribution >= 4 is 40.3 Å². The summed E-state index contributed by atoms with van der Waals surface area (Å²) < 4.78 is 5.45. The summed E-state index contributed by atoms with van der Waals surface area (Å²) in [6, 6.07) is 3.89. The molecule has 0 aromatic carbocycles. The lowest BCUT2D eigenvalue weighted by atomic mass is 10.0. The van der Waals surface area contributed by atoms with E-state index in [0.717, 1.165) is 52.8 Å². The predicted octanol–water partition coefficient (Wildman–Crippen LogP) is 3.22. The number of aromatic nitrogens is 4. The number of aryl methyl sites for hydroxylation is 1. The van der Waals surface area contributed by atoms with Crippen molar-refractivity contribution in [3.63, 3.8) is 0 Å². The normalized spacial score (nSPS) is 15.9. The Morgan fingerprint density at radius 3 is 2.86 bits per heavy atom. The van der Waals surface area contributed by atoms with E-state index in [9.17, 15) is 0 Å². The van der Waals surface area contributed by atoms with Crippen molar-refractivity contribution in [3.05, 3.63) is 52.6 Å². The highest BCUT2D eigenvalue weighted by Gasteiger charge is 2.24. The van der Waals surface area contributed by atoms with Gasteiger partial charge in [-0.3, -0.25) is 10.1 Å². The zero-order chi connectivity index (χ0) is 19.1. The quantitative estimate of drug-likeness (QED) is 0.541. The van der Waals surface area contributed by atoms with Gasteiger partial charge in [-0.25, -0.2) is 9.98 Å². The first-order valence-electron chi connectivity index (χ1n) is 9.04. The number of hydrogen-bond acceptors (Lipinski definition) is 7. The standard InChI is InChI=1S/C19H18ClN7O/c1-11-17-19(26-25-11)23-15-8-16(27-4-6-28-7-5-27)22-9-13(15)18(24-17)12-2-3-21-10-14(12)20/h2-3,8-10H,4-7H2,1H3,(H2,23,25,26). The molecule has 0 unspecified atom stereocenters. The van der Waals surface area contributed by atoms with Gasteiger partial charge in [0.25, 0.3) is 0 Å². The van der Waals surface area contributed by atoms with E-state index in [4.69, 9.17) is 26.3 Å². The molecule has 142 valence electrons. The van der Waals surface area contributed by atoms with Crippen LogP contribution < -0.4 is 10.2 Å². The third kappa shape index (κ3) is 2.90. The van der Waals surface area contributed by atoms with Crippen LogP contribution in [0.1, 0.15) is 16.8 Å². The van der Waals surface area contributed by atoms with Gasteiger partial charge in [-0.2, -0.15) is 5.10 Å². The van der Waals surface area contributed by atoms with E-state index in [1.165, 1.54) is 0 Å². The van der Waals surface area contributed by atoms with Crippen molar-refractivity contribution in [3.8, 4) is 0 Å². The van der Waals surface area contributed by atoms with Gasteiger partial charge in [-0.05, 0) is 13.0 Å². The minimum Gasteiger partial charge on any atom is -0.378 e. The maximum atomic E-state index is 6.44. The number of ether oxygens (including phenoxy) is 1. The lowest BCUT2D eigenvalue weighted by Crippen LogP contribution is -2.36. The van der Waals surface area contributed by atoms with Gasteiger partial charge in [0, 0.05) is 48.9 Å². The molecule has 0 saturated carbocycles. The molecule has 0 aliphatic carbocycles. The van der Waals surface area contributed by atoms with Crippen LogP contribution in [0.25, 0.3) is 0 Å². The van der Waals surface area contributed by atoms with Crippen LogP contribution in [0.3, 0.4) is 0 Å². The van der Waals surface area contributed by atoms with Gasteiger partial charge in [0.2, 0.25) is 0 Å². The molecule has 9 heteroatoms. The first kappa shape index (κ1) is 17.2. The van der Waals surface area contributed by atoms with E-state index in [-0.39, 0.29) is 0 Å². The van der Waals surface area contributed by atoms with E-state index in [1.807, 2.05) is 25.3 Å². The number of nitrogens with zero attached hydrogens (tertiary/aromatic N) is 5. The van der Waals surface area contributed by atoms with Gasteiger partial charge in [0.15, 0.2) is 5.82 Å². The fourth-order valence-electron chi connectivity index (χ4n) is 3.42. The predicted molar refractivity (Wildman–Crippen MR) is 108 cm³/mol. The Morgan fingerprint density at radius 2 is 2.04 bits per heavy atom. The van der Waals surface area contributed by atoms with E-state index in [1.54, 1.807) is 12.4 Å². The summed E-state index contributed by atoms with van der Waals surface area (Å²) in [6.07, 6.45) is 5.17. The molecule has 2 aliphatic rings. The molecule has 2 N–H and O–H groups in total. The number of anilines is 3. The second kappa shape index (κ2) is 6.88. The number of aliphatic imine (C=N–C) groups is 1. The van der Waals surface area contributed by atoms with Crippen LogP contribution in [0.15, 0.2) is 35.7 Å². The molecular weight excluding hydrogens is 378 g/mol. The summed E-state index contributed by atoms with van der Waals surface area (Å²) in [5.41, 5.74) is 4.91. The fraction of sp³-hybridized carbons (Fsp3) is 0.263. The molecule has 3 aromatic rings. The third-order valence-electron chi connectivity index (χ3n) is 4.90. The van der Waals surface area contributed by atoms with Crippen molar-refractivity contribution in [1.82, 2.24) is 20.2 Å². The maximum absolute atomic E-state index is 6.44. The molecule has 3 aromatic heterocycles. The van der Waals surface area contributed by atoms with Crippen molar-refractivity contribution in [2.45, 2.75) is 6.92 Å². The topological polar surface area (TPSA) is 91.3 Å². The van der Waals surface area contributed by atoms with Crippen molar-refractivity contribution < 1.29 is 4.74 Å². The summed E-state index contributed by atoms with van der Waals surface area (Å²) in [5, 5.41) is 11.3. The largest absolute Gasteiger partial charge is 0.378 e. The highest BCUT2D eigenvalue weighted by Crippen LogP contribution is 2.38. The van der Waals surface area contributed by atoms with Crippen molar-refractivity contribution in [2.75, 3.05) is 36.5 Å². The molecule has 5 heterocycles. The Kier molecular flexibility index (Phi) is 4.22. The number of fused-ring (bicyclic) bond motifs is 2. The number of H-pyrrole nitrogens is 1. The molecule has 0 amide bonds. The molecule has 28 heavy (non-hydrogen) atoms. The van der Waals surface area contributed by atoms with Crippen LogP contribution >= 0.6 is 11.6 Å². The minimum absolute atomic E-state index is 0.536. The molecule has 2 aliphatic heterocycles. The molecule has 1 saturated heterocycles. The summed E-state index contributed by atoms with van der Waals surface area (Å²) in [7, 11) is 0. The van der Waals surface area contributed by atoms with Gasteiger partial charge in [0.05, 0.1) is 35.3 Å². The molecule has 5 rings (SSSR count). The van der Waals surface area contributed by atoms with E-state index in [0.29, 0.717) is 24.1 Å². The van der Waals surface area contributed by atoms with Gasteiger partial charge in [0.1, 0.15) is 11.5 Å². The summed E-state index contributed by atoms with van der Waals surface area (Å²) >= 11 is 6.44. The van der Waals surface area contributed by atoms with Crippen LogP contribution in [-0.2, 0) is 4.74 Å². The number of hydrogen-bond donors (Lipinski definition) is 2. The molecule has 8 nitrogen and oxygen atoms in total. The molecule has 0 atom stereocenters. The SMILES string of the molecule is Cc1[nH]nc2c1N=C(c1ccncc1Cl)c1cnc(N3CCOCC3)cc1N2. The Balaban J connectivity index is 1.68. The van der Waals surface area contributed by atoms with Crippen molar-refractivity contribution in [1.29, 1.82) is 0 Å². The first-order valence-corrected chi connectivity index (χ1v) is 9.42. The number of aromatic amines is 1. The number of pyridine rings is 2. The zero-order valence-corrected chi connectivity index (χ0v) is 16.0. The zero-order valence-electron chi connectivity index (χ0n) is 15.2. The fourth-order valence-corrected chi connectivity index (χ4v) is 3.63. The number of halogens is 1. The molecule has 0 spiro atoms. The van der Waals surface area contributed by atoms with Crippen LogP contribution in [0.5, 0.6) is 0 Å². The Morgan fingerprint density at radius 1 is 1.18 bits per heavy atom. The number of morpholine rings is 1. The second-order valence-corrected chi connectivity index (χ2v) is 7.08. The Bertz CT molecular complexity index is 1070. The van der Waals surface area contributed by atoms with Gasteiger partial charge < -0.3 is 15.0 Å². The monoisotopic (exact) mass is 395 g/mol. The molecule has 0 radical (unpaired) electrons. The average Bonchev–Trinajstić information content (AvgIpc) is 2.98. The number of rotatable bonds is 2. The summed E-state index contributed by atoms with van der Waals surface area (Å²) in [6.45, 7) is 4.98. The Labute approximate surface area is 166 Å². The van der Waals surface area contributed by atoms with Gasteiger partial charge in [-0.15, -0.1) is 0 Å². The molecule has 1 fully saturated rings. The van der Waals surface area contributed by atoms with E-state index < -0.39 is 0 Å². The lowest BCUT2D eigenvalue weighted by Gasteiger charge is -2.28. The maximum Gasteiger partial charge on any atom is 0.178 e. The van der Waals surface area contributed by atoms with Crippen molar-refractivity contribution in [2.24, 2.45) is 4.99 Å². The smallest absolute Gasteiger partial charge is 0.178 e. The second-order valence-electron chi connectivity index (χ2n) is 6.67. The summed E-state index contributed by atoms with van der Waals surface area (Å²) in [4.78, 5) is 15.9. The van der Waals surface area contributed by atoms with Crippen LogP contribution in [0, 0.1) is 6.92 Å². The van der Waals surface area contributed by atoms with Crippen LogP contribution in [0.4, 0.5) is 23.0 Å². The van der Waals surface area contributed by atoms with E-state index >= 15 is 0 Å². The minimum atomic E-state index is 0.536. The van der Waals surface area contributed by atoms with Gasteiger partial charge in [-0.1, -0.05) is 11.6 Å². The number of nitrogens with one attached hydrogen (secondary N) is 2. The highest BCUT2D eigenvalue weighted by molar-refractivity contribution is 6.36. The first-order chi connectivity index (χ1) is 13.7. The van der Waals surface area contributed by atoms with Crippen LogP contribution in [0.2, 0.25) is 5.02 Å². The van der Waals surface area contributed by atoms with Crippen LogP contribution in [-0.4, -0.2) is 52.2 Å². The average molecular weight is 396 g/mol. The Hall–Kier alpha value is -2.97. The lowest BCUT2D eigenvalue weighted by molar-refractivity contribution is 0.122.